The highest BCUT2D eigenvalue weighted by molar-refractivity contribution is 7.81. The summed E-state index contributed by atoms with van der Waals surface area (Å²) in [6.45, 7) is 7.95. The zero-order valence-electron chi connectivity index (χ0n) is 10.9. The third-order valence-corrected chi connectivity index (χ3v) is 3.74. The molecular formula is C14H20O2S. The van der Waals surface area contributed by atoms with E-state index in [2.05, 4.69) is 32.9 Å². The fraction of sp³-hybridized carbons (Fsp3) is 0.571. The lowest BCUT2D eigenvalue weighted by atomic mass is 9.83. The summed E-state index contributed by atoms with van der Waals surface area (Å²) in [6.07, 6.45) is 0. The van der Waals surface area contributed by atoms with E-state index in [4.69, 9.17) is 22.1 Å². The van der Waals surface area contributed by atoms with Crippen molar-refractivity contribution in [1.82, 2.24) is 0 Å². The smallest absolute Gasteiger partial charge is 0.122 e. The van der Waals surface area contributed by atoms with Crippen molar-refractivity contribution < 1.29 is 9.47 Å². The molecule has 1 aromatic rings. The fourth-order valence-corrected chi connectivity index (χ4v) is 2.37. The Morgan fingerprint density at radius 3 is 2.35 bits per heavy atom. The zero-order valence-corrected chi connectivity index (χ0v) is 11.8. The maximum absolute atomic E-state index is 5.43. The van der Waals surface area contributed by atoms with Gasteiger partial charge in [0, 0.05) is 0 Å². The molecule has 94 valence electrons. The first kappa shape index (κ1) is 12.8. The molecular weight excluding hydrogens is 232 g/mol. The number of rotatable bonds is 2. The lowest BCUT2D eigenvalue weighted by molar-refractivity contribution is -0.00976. The Labute approximate surface area is 109 Å². The lowest BCUT2D eigenvalue weighted by Gasteiger charge is -2.38. The van der Waals surface area contributed by atoms with Gasteiger partial charge < -0.3 is 9.47 Å². The Morgan fingerprint density at radius 2 is 1.94 bits per heavy atom. The summed E-state index contributed by atoms with van der Waals surface area (Å²) in [5.41, 5.74) is 2.51. The molecule has 1 fully saturated rings. The van der Waals surface area contributed by atoms with Crippen molar-refractivity contribution in [2.24, 2.45) is 0 Å². The maximum Gasteiger partial charge on any atom is 0.122 e. The largest absolute Gasteiger partial charge is 0.496 e. The average molecular weight is 252 g/mol. The van der Waals surface area contributed by atoms with Crippen LogP contribution in [0, 0.1) is 0 Å². The summed E-state index contributed by atoms with van der Waals surface area (Å²) in [5, 5.41) is 0. The molecule has 2 rings (SSSR count). The second-order valence-corrected chi connectivity index (χ2v) is 6.55. The minimum absolute atomic E-state index is 0.0656. The molecule has 0 N–H and O–H groups in total. The van der Waals surface area contributed by atoms with Gasteiger partial charge in [0.25, 0.3) is 0 Å². The highest BCUT2D eigenvalue weighted by Crippen LogP contribution is 2.40. The third kappa shape index (κ3) is 2.31. The van der Waals surface area contributed by atoms with E-state index in [9.17, 15) is 0 Å². The molecule has 0 aliphatic carbocycles. The van der Waals surface area contributed by atoms with Gasteiger partial charge in [-0.05, 0) is 22.6 Å². The molecule has 1 aliphatic heterocycles. The summed E-state index contributed by atoms with van der Waals surface area (Å²) in [6, 6.07) is 6.32. The molecule has 1 aliphatic rings. The number of hydrogen-bond acceptors (Lipinski definition) is 3. The number of hydrogen-bond donors (Lipinski definition) is 1. The van der Waals surface area contributed by atoms with E-state index >= 15 is 0 Å². The molecule has 2 nitrogen and oxygen atoms in total. The Balaban J connectivity index is 2.45. The predicted molar refractivity (Wildman–Crippen MR) is 73.2 cm³/mol. The molecule has 0 atom stereocenters. The monoisotopic (exact) mass is 252 g/mol. The van der Waals surface area contributed by atoms with Gasteiger partial charge in [0.1, 0.15) is 5.75 Å². The van der Waals surface area contributed by atoms with Crippen LogP contribution in [0.25, 0.3) is 0 Å². The molecule has 0 unspecified atom stereocenters. The normalized spacial score (nSPS) is 18.6. The van der Waals surface area contributed by atoms with Gasteiger partial charge in [0.2, 0.25) is 0 Å². The van der Waals surface area contributed by atoms with Crippen molar-refractivity contribution in [3.05, 3.63) is 29.3 Å². The first-order chi connectivity index (χ1) is 7.87. The Hall–Kier alpha value is -0.670. The van der Waals surface area contributed by atoms with Crippen molar-refractivity contribution in [2.45, 2.75) is 30.9 Å². The van der Waals surface area contributed by atoms with E-state index in [1.54, 1.807) is 7.11 Å². The van der Waals surface area contributed by atoms with Crippen LogP contribution in [0.1, 0.15) is 31.9 Å². The summed E-state index contributed by atoms with van der Waals surface area (Å²) >= 11 is 4.70. The third-order valence-electron chi connectivity index (χ3n) is 3.23. The molecule has 0 aromatic heterocycles. The number of benzene rings is 1. The second kappa shape index (κ2) is 4.21. The zero-order chi connectivity index (χ0) is 12.7. The van der Waals surface area contributed by atoms with E-state index in [0.717, 1.165) is 5.75 Å². The fourth-order valence-electron chi connectivity index (χ4n) is 2.05. The molecule has 0 spiro atoms. The van der Waals surface area contributed by atoms with E-state index in [-0.39, 0.29) is 10.2 Å². The number of methoxy groups -OCH3 is 1. The average Bonchev–Trinajstić information content (AvgIpc) is 2.24. The van der Waals surface area contributed by atoms with Crippen molar-refractivity contribution in [3.63, 3.8) is 0 Å². The molecule has 1 aromatic carbocycles. The van der Waals surface area contributed by atoms with Crippen LogP contribution in [0.2, 0.25) is 0 Å². The van der Waals surface area contributed by atoms with Crippen LogP contribution in [0.15, 0.2) is 18.2 Å². The second-order valence-electron chi connectivity index (χ2n) is 5.69. The van der Waals surface area contributed by atoms with E-state index in [1.807, 2.05) is 6.07 Å². The molecule has 1 saturated heterocycles. The molecule has 0 bridgehead atoms. The SMILES string of the molecule is COc1ccc(C2(S)COC2)cc1C(C)(C)C. The maximum atomic E-state index is 5.43. The molecule has 0 saturated carbocycles. The Bertz CT molecular complexity index is 417. The van der Waals surface area contributed by atoms with Gasteiger partial charge >= 0.3 is 0 Å². The van der Waals surface area contributed by atoms with E-state index in [0.29, 0.717) is 13.2 Å². The van der Waals surface area contributed by atoms with Crippen LogP contribution >= 0.6 is 12.6 Å². The lowest BCUT2D eigenvalue weighted by Crippen LogP contribution is -2.41. The molecule has 3 heteroatoms. The van der Waals surface area contributed by atoms with Crippen molar-refractivity contribution in [2.75, 3.05) is 20.3 Å². The minimum Gasteiger partial charge on any atom is -0.496 e. The first-order valence-corrected chi connectivity index (χ1v) is 6.31. The van der Waals surface area contributed by atoms with E-state index in [1.165, 1.54) is 11.1 Å². The molecule has 1 heterocycles. The van der Waals surface area contributed by atoms with Gasteiger partial charge in [0.05, 0.1) is 25.1 Å². The Morgan fingerprint density at radius 1 is 1.29 bits per heavy atom. The molecule has 0 amide bonds. The van der Waals surface area contributed by atoms with Crippen LogP contribution in [0.3, 0.4) is 0 Å². The highest BCUT2D eigenvalue weighted by Gasteiger charge is 2.37. The topological polar surface area (TPSA) is 18.5 Å². The van der Waals surface area contributed by atoms with Crippen molar-refractivity contribution in [3.8, 4) is 5.75 Å². The minimum atomic E-state index is -0.119. The highest BCUT2D eigenvalue weighted by atomic mass is 32.1. The number of ether oxygens (including phenoxy) is 2. The van der Waals surface area contributed by atoms with Crippen LogP contribution in [-0.4, -0.2) is 20.3 Å². The van der Waals surface area contributed by atoms with Crippen LogP contribution in [0.5, 0.6) is 5.75 Å². The predicted octanol–water partition coefficient (Wildman–Crippen LogP) is 3.15. The summed E-state index contributed by atoms with van der Waals surface area (Å²) in [5.74, 6) is 0.943. The molecule has 0 radical (unpaired) electrons. The van der Waals surface area contributed by atoms with Gasteiger partial charge in [-0.15, -0.1) is 0 Å². The number of thiol groups is 1. The van der Waals surface area contributed by atoms with Gasteiger partial charge in [-0.2, -0.15) is 12.6 Å². The van der Waals surface area contributed by atoms with Crippen molar-refractivity contribution >= 4 is 12.6 Å². The van der Waals surface area contributed by atoms with Gasteiger partial charge in [0.15, 0.2) is 0 Å². The quantitative estimate of drug-likeness (QED) is 0.815. The van der Waals surface area contributed by atoms with E-state index < -0.39 is 0 Å². The van der Waals surface area contributed by atoms with Gasteiger partial charge in [-0.3, -0.25) is 0 Å². The van der Waals surface area contributed by atoms with Gasteiger partial charge in [-0.25, -0.2) is 0 Å². The molecule has 17 heavy (non-hydrogen) atoms. The van der Waals surface area contributed by atoms with Crippen LogP contribution in [-0.2, 0) is 14.9 Å². The summed E-state index contributed by atoms with van der Waals surface area (Å²) in [7, 11) is 1.72. The standard InChI is InChI=1S/C14H20O2S/c1-13(2,3)11-7-10(5-6-12(11)15-4)14(17)8-16-9-14/h5-7,17H,8-9H2,1-4H3. The van der Waals surface area contributed by atoms with Crippen LogP contribution < -0.4 is 4.74 Å². The Kier molecular flexibility index (Phi) is 3.17. The van der Waals surface area contributed by atoms with Gasteiger partial charge in [-0.1, -0.05) is 32.9 Å². The summed E-state index contributed by atoms with van der Waals surface area (Å²) < 4.78 is 10.6. The van der Waals surface area contributed by atoms with Crippen LogP contribution in [0.4, 0.5) is 0 Å². The van der Waals surface area contributed by atoms with Crippen molar-refractivity contribution in [1.29, 1.82) is 0 Å². The first-order valence-electron chi connectivity index (χ1n) is 5.86. The summed E-state index contributed by atoms with van der Waals surface area (Å²) in [4.78, 5) is 0.